The van der Waals surface area contributed by atoms with Gasteiger partial charge in [-0.05, 0) is 49.1 Å². The van der Waals surface area contributed by atoms with E-state index < -0.39 is 0 Å². The van der Waals surface area contributed by atoms with Crippen molar-refractivity contribution in [3.63, 3.8) is 0 Å². The van der Waals surface area contributed by atoms with Crippen LogP contribution in [0.1, 0.15) is 46.8 Å². The van der Waals surface area contributed by atoms with Gasteiger partial charge in [-0.3, -0.25) is 9.59 Å². The molecule has 2 aromatic rings. The third kappa shape index (κ3) is 3.36. The highest BCUT2D eigenvalue weighted by Gasteiger charge is 2.38. The molecule has 2 atom stereocenters. The van der Waals surface area contributed by atoms with Gasteiger partial charge in [0.15, 0.2) is 0 Å². The molecule has 2 aliphatic carbocycles. The normalized spacial score (nSPS) is 22.6. The van der Waals surface area contributed by atoms with Gasteiger partial charge in [-0.15, -0.1) is 0 Å². The number of carbonyl (C=O) groups is 1. The highest BCUT2D eigenvalue weighted by Crippen LogP contribution is 2.38. The molecule has 0 saturated heterocycles. The summed E-state index contributed by atoms with van der Waals surface area (Å²) < 4.78 is 0. The van der Waals surface area contributed by atoms with Gasteiger partial charge in [0.1, 0.15) is 0 Å². The van der Waals surface area contributed by atoms with Gasteiger partial charge < -0.3 is 10.3 Å². The Labute approximate surface area is 134 Å². The van der Waals surface area contributed by atoms with Gasteiger partial charge in [0, 0.05) is 23.4 Å². The molecule has 2 saturated carbocycles. The first-order valence-corrected chi connectivity index (χ1v) is 8.28. The fraction of sp³-hybridized carbons (Fsp3) is 0.368. The lowest BCUT2D eigenvalue weighted by atomic mass is 10.1. The fourth-order valence-corrected chi connectivity index (χ4v) is 3.13. The molecule has 0 radical (unpaired) electrons. The standard InChI is InChI=1S/C19H20N2O2/c22-18-11-15(10-16(20-18)13-6-7-13)19(23)21-17-9-14(17)8-12-4-2-1-3-5-12/h1-5,10-11,13-14,17H,6-9H2,(H,20,22)(H,21,23). The molecule has 2 aliphatic rings. The Kier molecular flexibility index (Phi) is 3.52. The molecule has 4 rings (SSSR count). The third-order valence-electron chi connectivity index (χ3n) is 4.72. The van der Waals surface area contributed by atoms with Gasteiger partial charge in [-0.2, -0.15) is 0 Å². The molecule has 4 nitrogen and oxygen atoms in total. The predicted octanol–water partition coefficient (Wildman–Crippen LogP) is 2.61. The fourth-order valence-electron chi connectivity index (χ4n) is 3.13. The topological polar surface area (TPSA) is 62.0 Å². The van der Waals surface area contributed by atoms with Crippen LogP contribution in [0.25, 0.3) is 0 Å². The lowest BCUT2D eigenvalue weighted by Gasteiger charge is -2.06. The van der Waals surface area contributed by atoms with E-state index in [-0.39, 0.29) is 17.5 Å². The molecule has 4 heteroatoms. The van der Waals surface area contributed by atoms with Crippen LogP contribution in [-0.4, -0.2) is 16.9 Å². The van der Waals surface area contributed by atoms with Crippen LogP contribution >= 0.6 is 0 Å². The van der Waals surface area contributed by atoms with Crippen LogP contribution in [-0.2, 0) is 6.42 Å². The molecule has 0 bridgehead atoms. The van der Waals surface area contributed by atoms with E-state index in [4.69, 9.17) is 0 Å². The summed E-state index contributed by atoms with van der Waals surface area (Å²) in [6, 6.07) is 13.8. The van der Waals surface area contributed by atoms with E-state index in [0.29, 0.717) is 17.4 Å². The highest BCUT2D eigenvalue weighted by atomic mass is 16.2. The predicted molar refractivity (Wildman–Crippen MR) is 88.5 cm³/mol. The Morgan fingerprint density at radius 3 is 2.70 bits per heavy atom. The number of aromatic nitrogens is 1. The first-order valence-electron chi connectivity index (χ1n) is 8.28. The second-order valence-corrected chi connectivity index (χ2v) is 6.73. The van der Waals surface area contributed by atoms with Crippen molar-refractivity contribution in [3.8, 4) is 0 Å². The minimum atomic E-state index is -0.184. The summed E-state index contributed by atoms with van der Waals surface area (Å²) in [5.74, 6) is 0.812. The number of benzene rings is 1. The van der Waals surface area contributed by atoms with Gasteiger partial charge in [0.2, 0.25) is 5.56 Å². The maximum atomic E-state index is 12.4. The van der Waals surface area contributed by atoms with E-state index >= 15 is 0 Å². The summed E-state index contributed by atoms with van der Waals surface area (Å²) in [6.45, 7) is 0. The zero-order valence-electron chi connectivity index (χ0n) is 12.9. The van der Waals surface area contributed by atoms with Crippen LogP contribution in [0, 0.1) is 5.92 Å². The smallest absolute Gasteiger partial charge is 0.251 e. The third-order valence-corrected chi connectivity index (χ3v) is 4.72. The van der Waals surface area contributed by atoms with Crippen LogP contribution in [0.2, 0.25) is 0 Å². The zero-order chi connectivity index (χ0) is 15.8. The molecule has 2 unspecified atom stereocenters. The van der Waals surface area contributed by atoms with Crippen molar-refractivity contribution in [2.45, 2.75) is 37.6 Å². The molecule has 1 aromatic heterocycles. The SMILES string of the molecule is O=C(NC1CC1Cc1ccccc1)c1cc(C2CC2)[nH]c(=O)c1. The van der Waals surface area contributed by atoms with E-state index in [9.17, 15) is 9.59 Å². The molecular weight excluding hydrogens is 288 g/mol. The van der Waals surface area contributed by atoms with Crippen molar-refractivity contribution in [1.29, 1.82) is 0 Å². The number of rotatable bonds is 5. The van der Waals surface area contributed by atoms with Gasteiger partial charge >= 0.3 is 0 Å². The molecular formula is C19H20N2O2. The number of H-pyrrole nitrogens is 1. The molecule has 1 amide bonds. The van der Waals surface area contributed by atoms with Gasteiger partial charge in [0.05, 0.1) is 0 Å². The first-order chi connectivity index (χ1) is 11.2. The molecule has 1 aromatic carbocycles. The van der Waals surface area contributed by atoms with Crippen molar-refractivity contribution >= 4 is 5.91 Å². The Morgan fingerprint density at radius 2 is 1.96 bits per heavy atom. The number of carbonyl (C=O) groups excluding carboxylic acids is 1. The molecule has 118 valence electrons. The van der Waals surface area contributed by atoms with Crippen LogP contribution in [0.15, 0.2) is 47.3 Å². The Bertz CT molecular complexity index is 777. The Hall–Kier alpha value is -2.36. The van der Waals surface area contributed by atoms with Crippen molar-refractivity contribution in [2.24, 2.45) is 5.92 Å². The quantitative estimate of drug-likeness (QED) is 0.892. The largest absolute Gasteiger partial charge is 0.349 e. The van der Waals surface area contributed by atoms with Crippen molar-refractivity contribution in [2.75, 3.05) is 0 Å². The Balaban J connectivity index is 1.38. The molecule has 1 heterocycles. The van der Waals surface area contributed by atoms with Crippen LogP contribution in [0.3, 0.4) is 0 Å². The number of amides is 1. The van der Waals surface area contributed by atoms with Crippen LogP contribution in [0.4, 0.5) is 0 Å². The Morgan fingerprint density at radius 1 is 1.17 bits per heavy atom. The summed E-state index contributed by atoms with van der Waals surface area (Å²) in [5.41, 5.74) is 2.51. The number of aromatic amines is 1. The molecule has 2 N–H and O–H groups in total. The molecule has 0 aliphatic heterocycles. The first kappa shape index (κ1) is 14.2. The van der Waals surface area contributed by atoms with Gasteiger partial charge in [-0.1, -0.05) is 30.3 Å². The van der Waals surface area contributed by atoms with Crippen LogP contribution < -0.4 is 10.9 Å². The maximum Gasteiger partial charge on any atom is 0.251 e. The number of hydrogen-bond acceptors (Lipinski definition) is 2. The highest BCUT2D eigenvalue weighted by molar-refractivity contribution is 5.94. The van der Waals surface area contributed by atoms with E-state index in [2.05, 4.69) is 22.4 Å². The van der Waals surface area contributed by atoms with Crippen LogP contribution in [0.5, 0.6) is 0 Å². The zero-order valence-corrected chi connectivity index (χ0v) is 12.9. The maximum absolute atomic E-state index is 12.4. The van der Waals surface area contributed by atoms with Gasteiger partial charge in [0.25, 0.3) is 5.91 Å². The average molecular weight is 308 g/mol. The summed E-state index contributed by atoms with van der Waals surface area (Å²) in [7, 11) is 0. The average Bonchev–Trinajstić information content (AvgIpc) is 3.44. The summed E-state index contributed by atoms with van der Waals surface area (Å²) >= 11 is 0. The number of nitrogens with one attached hydrogen (secondary N) is 2. The van der Waals surface area contributed by atoms with E-state index in [1.807, 2.05) is 24.3 Å². The second kappa shape index (κ2) is 5.69. The molecule has 23 heavy (non-hydrogen) atoms. The van der Waals surface area contributed by atoms with E-state index in [1.165, 1.54) is 11.6 Å². The monoisotopic (exact) mass is 308 g/mol. The molecule has 2 fully saturated rings. The van der Waals surface area contributed by atoms with Crippen molar-refractivity contribution in [1.82, 2.24) is 10.3 Å². The van der Waals surface area contributed by atoms with Crippen molar-refractivity contribution in [3.05, 3.63) is 69.6 Å². The minimum Gasteiger partial charge on any atom is -0.349 e. The summed E-state index contributed by atoms with van der Waals surface area (Å²) in [4.78, 5) is 26.9. The second-order valence-electron chi connectivity index (χ2n) is 6.73. The van der Waals surface area contributed by atoms with Crippen molar-refractivity contribution < 1.29 is 4.79 Å². The lowest BCUT2D eigenvalue weighted by molar-refractivity contribution is 0.0948. The molecule has 0 spiro atoms. The van der Waals surface area contributed by atoms with E-state index in [1.54, 1.807) is 0 Å². The van der Waals surface area contributed by atoms with E-state index in [0.717, 1.165) is 31.4 Å². The number of pyridine rings is 1. The lowest BCUT2D eigenvalue weighted by Crippen LogP contribution is -2.28. The van der Waals surface area contributed by atoms with Gasteiger partial charge in [-0.25, -0.2) is 0 Å². The summed E-state index contributed by atoms with van der Waals surface area (Å²) in [6.07, 6.45) is 4.21. The number of hydrogen-bond donors (Lipinski definition) is 2. The summed E-state index contributed by atoms with van der Waals surface area (Å²) in [5, 5.41) is 3.06. The minimum absolute atomic E-state index is 0.126.